The molecule has 2 aromatic rings. The fourth-order valence-electron chi connectivity index (χ4n) is 3.44. The molecule has 0 spiro atoms. The molecule has 1 amide bonds. The average molecular weight is 370 g/mol. The first kappa shape index (κ1) is 19.2. The zero-order valence-corrected chi connectivity index (χ0v) is 16.2. The molecule has 5 heteroatoms. The Hall–Kier alpha value is -2.56. The Kier molecular flexibility index (Phi) is 5.99. The minimum Gasteiger partial charge on any atom is -0.481 e. The maximum atomic E-state index is 14.0. The maximum Gasteiger partial charge on any atom is 0.263 e. The molecule has 0 aliphatic carbocycles. The number of halogens is 1. The van der Waals surface area contributed by atoms with Gasteiger partial charge in [0.2, 0.25) is 0 Å². The molecule has 0 N–H and O–H groups in total. The van der Waals surface area contributed by atoms with E-state index in [1.807, 2.05) is 35.2 Å². The van der Waals surface area contributed by atoms with Gasteiger partial charge >= 0.3 is 0 Å². The Morgan fingerprint density at radius 3 is 2.26 bits per heavy atom. The molecule has 1 atom stereocenters. The van der Waals surface area contributed by atoms with Gasteiger partial charge < -0.3 is 14.5 Å². The zero-order chi connectivity index (χ0) is 19.4. The highest BCUT2D eigenvalue weighted by Crippen LogP contribution is 2.27. The molecular formula is C22H27FN2O2. The summed E-state index contributed by atoms with van der Waals surface area (Å²) >= 11 is 0. The summed E-state index contributed by atoms with van der Waals surface area (Å²) in [6.07, 6.45) is -0.551. The topological polar surface area (TPSA) is 32.8 Å². The van der Waals surface area contributed by atoms with Crippen LogP contribution in [0.4, 0.5) is 10.1 Å². The summed E-state index contributed by atoms with van der Waals surface area (Å²) in [7, 11) is 0. The Balaban J connectivity index is 1.60. The quantitative estimate of drug-likeness (QED) is 0.796. The number of amides is 1. The van der Waals surface area contributed by atoms with Gasteiger partial charge in [0, 0.05) is 26.2 Å². The van der Waals surface area contributed by atoms with Crippen LogP contribution in [0.15, 0.2) is 48.5 Å². The number of ether oxygens (including phenoxy) is 1. The van der Waals surface area contributed by atoms with Gasteiger partial charge in [0.25, 0.3) is 5.91 Å². The fourth-order valence-corrected chi connectivity index (χ4v) is 3.44. The molecule has 0 saturated carbocycles. The number of nitrogens with zero attached hydrogens (tertiary/aromatic N) is 2. The summed E-state index contributed by atoms with van der Waals surface area (Å²) in [6.45, 7) is 8.36. The third-order valence-corrected chi connectivity index (χ3v) is 4.98. The predicted octanol–water partition coefficient (Wildman–Crippen LogP) is 4.07. The third kappa shape index (κ3) is 4.41. The van der Waals surface area contributed by atoms with Gasteiger partial charge in [0.05, 0.1) is 5.69 Å². The van der Waals surface area contributed by atoms with Crippen LogP contribution in [-0.4, -0.2) is 43.1 Å². The lowest BCUT2D eigenvalue weighted by Gasteiger charge is -2.37. The van der Waals surface area contributed by atoms with Gasteiger partial charge in [-0.05, 0) is 36.6 Å². The van der Waals surface area contributed by atoms with Gasteiger partial charge in [-0.2, -0.15) is 0 Å². The summed E-state index contributed by atoms with van der Waals surface area (Å²) in [5.74, 6) is 0.840. The second-order valence-corrected chi connectivity index (χ2v) is 7.22. The van der Waals surface area contributed by atoms with Crippen molar-refractivity contribution in [3.05, 3.63) is 59.9 Å². The van der Waals surface area contributed by atoms with Crippen molar-refractivity contribution in [1.29, 1.82) is 0 Å². The smallest absolute Gasteiger partial charge is 0.263 e. The van der Waals surface area contributed by atoms with Gasteiger partial charge in [-0.25, -0.2) is 4.39 Å². The first-order valence-corrected chi connectivity index (χ1v) is 9.51. The van der Waals surface area contributed by atoms with Gasteiger partial charge in [-0.15, -0.1) is 0 Å². The van der Waals surface area contributed by atoms with Gasteiger partial charge in [0.1, 0.15) is 11.6 Å². The predicted molar refractivity (Wildman–Crippen MR) is 106 cm³/mol. The van der Waals surface area contributed by atoms with E-state index in [1.165, 1.54) is 6.07 Å². The molecule has 0 unspecified atom stereocenters. The minimum absolute atomic E-state index is 0.0262. The van der Waals surface area contributed by atoms with Gasteiger partial charge in [-0.1, -0.05) is 44.2 Å². The third-order valence-electron chi connectivity index (χ3n) is 4.98. The molecule has 0 bridgehead atoms. The molecule has 1 fully saturated rings. The highest BCUT2D eigenvalue weighted by atomic mass is 19.1. The van der Waals surface area contributed by atoms with Crippen molar-refractivity contribution in [2.45, 2.75) is 32.8 Å². The number of para-hydroxylation sites is 2. The molecule has 1 heterocycles. The normalized spacial score (nSPS) is 15.7. The van der Waals surface area contributed by atoms with Gasteiger partial charge in [-0.3, -0.25) is 4.79 Å². The van der Waals surface area contributed by atoms with Crippen molar-refractivity contribution in [2.75, 3.05) is 31.1 Å². The first-order valence-electron chi connectivity index (χ1n) is 9.51. The Bertz CT molecular complexity index is 785. The lowest BCUT2D eigenvalue weighted by Crippen LogP contribution is -2.52. The number of rotatable bonds is 5. The number of benzene rings is 2. The number of carbonyl (C=O) groups excluding carboxylic acids is 1. The van der Waals surface area contributed by atoms with E-state index in [1.54, 1.807) is 24.0 Å². The molecule has 1 saturated heterocycles. The molecule has 1 aliphatic rings. The molecule has 0 aromatic heterocycles. The Labute approximate surface area is 160 Å². The van der Waals surface area contributed by atoms with Crippen molar-refractivity contribution >= 4 is 11.6 Å². The molecule has 0 radical (unpaired) electrons. The van der Waals surface area contributed by atoms with Crippen LogP contribution in [0.3, 0.4) is 0 Å². The summed E-state index contributed by atoms with van der Waals surface area (Å²) < 4.78 is 19.9. The SMILES string of the molecule is CC(C)c1ccccc1O[C@H](C)C(=O)N1CCN(c2ccccc2F)CC1. The molecule has 27 heavy (non-hydrogen) atoms. The van der Waals surface area contributed by atoms with E-state index < -0.39 is 6.10 Å². The summed E-state index contributed by atoms with van der Waals surface area (Å²) in [5.41, 5.74) is 1.70. The first-order chi connectivity index (χ1) is 13.0. The minimum atomic E-state index is -0.551. The van der Waals surface area contributed by atoms with Crippen molar-refractivity contribution in [3.63, 3.8) is 0 Å². The van der Waals surface area contributed by atoms with Crippen LogP contribution in [0, 0.1) is 5.82 Å². The number of anilines is 1. The molecule has 1 aliphatic heterocycles. The van der Waals surface area contributed by atoms with Crippen LogP contribution < -0.4 is 9.64 Å². The van der Waals surface area contributed by atoms with E-state index in [0.717, 1.165) is 11.3 Å². The van der Waals surface area contributed by atoms with Crippen molar-refractivity contribution in [1.82, 2.24) is 4.90 Å². The fraction of sp³-hybridized carbons (Fsp3) is 0.409. The molecule has 4 nitrogen and oxygen atoms in total. The number of hydrogen-bond donors (Lipinski definition) is 0. The van der Waals surface area contributed by atoms with Crippen LogP contribution in [0.5, 0.6) is 5.75 Å². The molecular weight excluding hydrogens is 343 g/mol. The number of hydrogen-bond acceptors (Lipinski definition) is 3. The van der Waals surface area contributed by atoms with E-state index in [0.29, 0.717) is 37.8 Å². The highest BCUT2D eigenvalue weighted by Gasteiger charge is 2.27. The lowest BCUT2D eigenvalue weighted by molar-refractivity contribution is -0.138. The van der Waals surface area contributed by atoms with Crippen LogP contribution in [0.25, 0.3) is 0 Å². The van der Waals surface area contributed by atoms with Crippen LogP contribution in [0.2, 0.25) is 0 Å². The second kappa shape index (κ2) is 8.42. The van der Waals surface area contributed by atoms with Crippen LogP contribution in [-0.2, 0) is 4.79 Å². The zero-order valence-electron chi connectivity index (χ0n) is 16.2. The number of piperazine rings is 1. The largest absolute Gasteiger partial charge is 0.481 e. The van der Waals surface area contributed by atoms with Crippen molar-refractivity contribution in [2.24, 2.45) is 0 Å². The van der Waals surface area contributed by atoms with E-state index >= 15 is 0 Å². The monoisotopic (exact) mass is 370 g/mol. The van der Waals surface area contributed by atoms with E-state index in [-0.39, 0.29) is 11.7 Å². The van der Waals surface area contributed by atoms with Crippen molar-refractivity contribution in [3.8, 4) is 5.75 Å². The van der Waals surface area contributed by atoms with E-state index in [4.69, 9.17) is 4.74 Å². The Morgan fingerprint density at radius 1 is 0.963 bits per heavy atom. The van der Waals surface area contributed by atoms with E-state index in [9.17, 15) is 9.18 Å². The average Bonchev–Trinajstić information content (AvgIpc) is 2.68. The van der Waals surface area contributed by atoms with E-state index in [2.05, 4.69) is 13.8 Å². The summed E-state index contributed by atoms with van der Waals surface area (Å²) in [4.78, 5) is 16.6. The summed E-state index contributed by atoms with van der Waals surface area (Å²) in [6, 6.07) is 14.6. The molecule has 3 rings (SSSR count). The van der Waals surface area contributed by atoms with Crippen LogP contribution in [0.1, 0.15) is 32.3 Å². The summed E-state index contributed by atoms with van der Waals surface area (Å²) in [5, 5.41) is 0. The lowest BCUT2D eigenvalue weighted by atomic mass is 10.0. The second-order valence-electron chi connectivity index (χ2n) is 7.22. The maximum absolute atomic E-state index is 14.0. The highest BCUT2D eigenvalue weighted by molar-refractivity contribution is 5.81. The van der Waals surface area contributed by atoms with Crippen LogP contribution >= 0.6 is 0 Å². The van der Waals surface area contributed by atoms with Crippen molar-refractivity contribution < 1.29 is 13.9 Å². The van der Waals surface area contributed by atoms with Gasteiger partial charge in [0.15, 0.2) is 6.10 Å². The Morgan fingerprint density at radius 2 is 1.59 bits per heavy atom. The molecule has 144 valence electrons. The molecule has 2 aromatic carbocycles. The number of carbonyl (C=O) groups is 1. The standard InChI is InChI=1S/C22H27FN2O2/c1-16(2)18-8-4-7-11-21(18)27-17(3)22(26)25-14-12-24(13-15-25)20-10-6-5-9-19(20)23/h4-11,16-17H,12-15H2,1-3H3/t17-/m1/s1.